The van der Waals surface area contributed by atoms with Gasteiger partial charge in [0.2, 0.25) is 0 Å². The molecule has 2 rings (SSSR count). The van der Waals surface area contributed by atoms with Crippen LogP contribution in [-0.4, -0.2) is 22.2 Å². The van der Waals surface area contributed by atoms with E-state index >= 15 is 0 Å². The van der Waals surface area contributed by atoms with Gasteiger partial charge in [-0.1, -0.05) is 36.4 Å². The van der Waals surface area contributed by atoms with Gasteiger partial charge in [-0.3, -0.25) is 0 Å². The molecule has 2 aromatic rings. The lowest BCUT2D eigenvalue weighted by Crippen LogP contribution is -2.06. The first kappa shape index (κ1) is 16.0. The number of ether oxygens (including phenoxy) is 1. The highest BCUT2D eigenvalue weighted by molar-refractivity contribution is 5.99. The SMILES string of the molecule is O=C(C=Cc1ccccc1)OC(=O)/C=C/c1ccc(O)c(O)c1. The molecule has 5 nitrogen and oxygen atoms in total. The van der Waals surface area contributed by atoms with Crippen LogP contribution in [0.4, 0.5) is 0 Å². The molecule has 0 saturated heterocycles. The van der Waals surface area contributed by atoms with Crippen molar-refractivity contribution >= 4 is 24.1 Å². The van der Waals surface area contributed by atoms with Crippen LogP contribution in [0.15, 0.2) is 60.7 Å². The molecular weight excluding hydrogens is 296 g/mol. The van der Waals surface area contributed by atoms with E-state index in [4.69, 9.17) is 0 Å². The molecule has 0 saturated carbocycles. The summed E-state index contributed by atoms with van der Waals surface area (Å²) in [5.74, 6) is -2.18. The highest BCUT2D eigenvalue weighted by Gasteiger charge is 2.04. The number of phenolic OH excluding ortho intramolecular Hbond substituents is 2. The number of benzene rings is 2. The summed E-state index contributed by atoms with van der Waals surface area (Å²) in [4.78, 5) is 23.0. The Hall–Kier alpha value is -3.34. The molecule has 0 unspecified atom stereocenters. The van der Waals surface area contributed by atoms with Crippen molar-refractivity contribution in [2.75, 3.05) is 0 Å². The first-order valence-electron chi connectivity index (χ1n) is 6.73. The minimum absolute atomic E-state index is 0.258. The number of aromatic hydroxyl groups is 2. The predicted molar refractivity (Wildman–Crippen MR) is 85.4 cm³/mol. The molecule has 0 aliphatic carbocycles. The molecule has 0 aliphatic rings. The Morgan fingerprint density at radius 2 is 1.39 bits per heavy atom. The minimum Gasteiger partial charge on any atom is -0.504 e. The van der Waals surface area contributed by atoms with E-state index in [1.54, 1.807) is 0 Å². The van der Waals surface area contributed by atoms with Gasteiger partial charge in [-0.15, -0.1) is 0 Å². The van der Waals surface area contributed by atoms with Gasteiger partial charge in [0.1, 0.15) is 0 Å². The lowest BCUT2D eigenvalue weighted by Gasteiger charge is -1.98. The Morgan fingerprint density at radius 3 is 2.00 bits per heavy atom. The summed E-state index contributed by atoms with van der Waals surface area (Å²) < 4.78 is 4.58. The third kappa shape index (κ3) is 5.17. The fraction of sp³-hybridized carbons (Fsp3) is 0. The van der Waals surface area contributed by atoms with Crippen molar-refractivity contribution in [3.05, 3.63) is 71.8 Å². The quantitative estimate of drug-likeness (QED) is 0.392. The number of phenols is 2. The number of hydrogen-bond acceptors (Lipinski definition) is 5. The van der Waals surface area contributed by atoms with Gasteiger partial charge in [-0.2, -0.15) is 0 Å². The Labute approximate surface area is 132 Å². The topological polar surface area (TPSA) is 83.8 Å². The van der Waals surface area contributed by atoms with Crippen LogP contribution in [0, 0.1) is 0 Å². The zero-order valence-corrected chi connectivity index (χ0v) is 12.0. The lowest BCUT2D eigenvalue weighted by atomic mass is 10.2. The molecule has 0 amide bonds. The molecule has 5 heteroatoms. The van der Waals surface area contributed by atoms with E-state index in [2.05, 4.69) is 4.74 Å². The number of rotatable bonds is 4. The van der Waals surface area contributed by atoms with Gasteiger partial charge in [0.15, 0.2) is 11.5 Å². The van der Waals surface area contributed by atoms with E-state index in [0.717, 1.165) is 17.7 Å². The predicted octanol–water partition coefficient (Wildman–Crippen LogP) is 2.89. The van der Waals surface area contributed by atoms with Gasteiger partial charge < -0.3 is 14.9 Å². The maximum atomic E-state index is 11.5. The molecule has 0 aromatic heterocycles. The minimum atomic E-state index is -0.833. The summed E-state index contributed by atoms with van der Waals surface area (Å²) in [5.41, 5.74) is 1.29. The smallest absolute Gasteiger partial charge is 0.338 e. The van der Waals surface area contributed by atoms with Crippen molar-refractivity contribution in [3.63, 3.8) is 0 Å². The summed E-state index contributed by atoms with van der Waals surface area (Å²) >= 11 is 0. The average Bonchev–Trinajstić information content (AvgIpc) is 2.55. The van der Waals surface area contributed by atoms with Crippen molar-refractivity contribution in [2.45, 2.75) is 0 Å². The fourth-order valence-corrected chi connectivity index (χ4v) is 1.70. The van der Waals surface area contributed by atoms with Crippen molar-refractivity contribution in [2.24, 2.45) is 0 Å². The maximum absolute atomic E-state index is 11.5. The molecule has 2 N–H and O–H groups in total. The van der Waals surface area contributed by atoms with Crippen LogP contribution >= 0.6 is 0 Å². The van der Waals surface area contributed by atoms with Gasteiger partial charge in [-0.05, 0) is 35.4 Å². The number of hydrogen-bond donors (Lipinski definition) is 2. The average molecular weight is 310 g/mol. The zero-order valence-electron chi connectivity index (χ0n) is 12.0. The molecule has 23 heavy (non-hydrogen) atoms. The molecule has 0 radical (unpaired) electrons. The van der Waals surface area contributed by atoms with E-state index in [9.17, 15) is 19.8 Å². The third-order valence-corrected chi connectivity index (χ3v) is 2.82. The zero-order chi connectivity index (χ0) is 16.7. The molecule has 0 atom stereocenters. The number of esters is 2. The summed E-state index contributed by atoms with van der Waals surface area (Å²) in [5, 5.41) is 18.5. The van der Waals surface area contributed by atoms with Gasteiger partial charge in [0, 0.05) is 12.2 Å². The molecule has 0 bridgehead atoms. The van der Waals surface area contributed by atoms with Crippen molar-refractivity contribution < 1.29 is 24.5 Å². The third-order valence-electron chi connectivity index (χ3n) is 2.82. The van der Waals surface area contributed by atoms with Crippen LogP contribution in [0.25, 0.3) is 12.2 Å². The van der Waals surface area contributed by atoms with Crippen LogP contribution in [0.2, 0.25) is 0 Å². The van der Waals surface area contributed by atoms with Crippen molar-refractivity contribution in [1.29, 1.82) is 0 Å². The highest BCUT2D eigenvalue weighted by atomic mass is 16.6. The van der Waals surface area contributed by atoms with E-state index < -0.39 is 11.9 Å². The molecular formula is C18H14O5. The molecule has 116 valence electrons. The fourth-order valence-electron chi connectivity index (χ4n) is 1.70. The van der Waals surface area contributed by atoms with Gasteiger partial charge in [0.25, 0.3) is 0 Å². The normalized spacial score (nSPS) is 11.0. The Balaban J connectivity index is 1.91. The van der Waals surface area contributed by atoms with Gasteiger partial charge >= 0.3 is 11.9 Å². The summed E-state index contributed by atoms with van der Waals surface area (Å²) in [6, 6.07) is 13.2. The lowest BCUT2D eigenvalue weighted by molar-refractivity contribution is -0.152. The largest absolute Gasteiger partial charge is 0.504 e. The van der Waals surface area contributed by atoms with Crippen LogP contribution in [0.5, 0.6) is 11.5 Å². The second-order valence-corrected chi connectivity index (χ2v) is 4.57. The molecule has 0 heterocycles. The van der Waals surface area contributed by atoms with Crippen molar-refractivity contribution in [1.82, 2.24) is 0 Å². The number of carbonyl (C=O) groups excluding carboxylic acids is 2. The molecule has 0 spiro atoms. The summed E-state index contributed by atoms with van der Waals surface area (Å²) in [6.07, 6.45) is 5.11. The maximum Gasteiger partial charge on any atom is 0.338 e. The molecule has 0 fully saturated rings. The van der Waals surface area contributed by atoms with E-state index in [1.807, 2.05) is 30.3 Å². The second-order valence-electron chi connectivity index (χ2n) is 4.57. The first-order chi connectivity index (χ1) is 11.0. The Bertz CT molecular complexity index is 760. The number of carbonyl (C=O) groups is 2. The van der Waals surface area contributed by atoms with E-state index in [0.29, 0.717) is 5.56 Å². The highest BCUT2D eigenvalue weighted by Crippen LogP contribution is 2.25. The van der Waals surface area contributed by atoms with Gasteiger partial charge in [-0.25, -0.2) is 9.59 Å². The van der Waals surface area contributed by atoms with Crippen molar-refractivity contribution in [3.8, 4) is 11.5 Å². The summed E-state index contributed by atoms with van der Waals surface area (Å²) in [7, 11) is 0. The van der Waals surface area contributed by atoms with Crippen LogP contribution < -0.4 is 0 Å². The standard InChI is InChI=1S/C18H14O5/c19-15-9-6-14(12-16(15)20)8-11-18(22)23-17(21)10-7-13-4-2-1-3-5-13/h1-12,19-20H/b10-7?,11-8+. The van der Waals surface area contributed by atoms with E-state index in [1.165, 1.54) is 30.4 Å². The summed E-state index contributed by atoms with van der Waals surface area (Å²) in [6.45, 7) is 0. The van der Waals surface area contributed by atoms with Gasteiger partial charge in [0.05, 0.1) is 0 Å². The van der Waals surface area contributed by atoms with Crippen LogP contribution in [0.3, 0.4) is 0 Å². The first-order valence-corrected chi connectivity index (χ1v) is 6.73. The van der Waals surface area contributed by atoms with Crippen LogP contribution in [0.1, 0.15) is 11.1 Å². The Morgan fingerprint density at radius 1 is 0.783 bits per heavy atom. The molecule has 2 aromatic carbocycles. The monoisotopic (exact) mass is 310 g/mol. The second kappa shape index (κ2) is 7.61. The molecule has 0 aliphatic heterocycles. The van der Waals surface area contributed by atoms with Crippen LogP contribution in [-0.2, 0) is 14.3 Å². The Kier molecular flexibility index (Phi) is 5.30. The van der Waals surface area contributed by atoms with E-state index in [-0.39, 0.29) is 11.5 Å².